The van der Waals surface area contributed by atoms with Crippen LogP contribution in [-0.2, 0) is 6.42 Å². The molecule has 0 saturated heterocycles. The predicted molar refractivity (Wildman–Crippen MR) is 121 cm³/mol. The Kier molecular flexibility index (Phi) is 5.60. The van der Waals surface area contributed by atoms with Gasteiger partial charge >= 0.3 is 0 Å². The normalized spacial score (nSPS) is 11.9. The lowest BCUT2D eigenvalue weighted by atomic mass is 9.92. The van der Waals surface area contributed by atoms with Crippen LogP contribution in [0.3, 0.4) is 0 Å². The summed E-state index contributed by atoms with van der Waals surface area (Å²) < 4.78 is 0. The van der Waals surface area contributed by atoms with Crippen molar-refractivity contribution >= 4 is 11.6 Å². The molecule has 138 valence electrons. The standard InChI is InChI=1S/C27H23Cl/c1-20(22-5-3-2-4-6-22)19-21-7-9-23(10-8-21)24-11-13-25(14-12-24)26-15-17-27(28)18-16-26/h2-18,20H,19H2,1H3/t20-/m0/s1. The first kappa shape index (κ1) is 18.5. The van der Waals surface area contributed by atoms with E-state index in [0.717, 1.165) is 11.4 Å². The molecule has 4 rings (SSSR count). The third-order valence-corrected chi connectivity index (χ3v) is 5.51. The van der Waals surface area contributed by atoms with Crippen LogP contribution in [0.1, 0.15) is 24.0 Å². The fourth-order valence-electron chi connectivity index (χ4n) is 3.58. The smallest absolute Gasteiger partial charge is 0.0406 e. The molecule has 1 heteroatoms. The van der Waals surface area contributed by atoms with Gasteiger partial charge in [-0.05, 0) is 57.9 Å². The third kappa shape index (κ3) is 4.35. The van der Waals surface area contributed by atoms with Crippen LogP contribution in [0.5, 0.6) is 0 Å². The van der Waals surface area contributed by atoms with Crippen LogP contribution in [0, 0.1) is 0 Å². The summed E-state index contributed by atoms with van der Waals surface area (Å²) in [5.74, 6) is 0.519. The van der Waals surface area contributed by atoms with E-state index in [-0.39, 0.29) is 0 Å². The molecule has 28 heavy (non-hydrogen) atoms. The quantitative estimate of drug-likeness (QED) is 0.327. The maximum atomic E-state index is 5.98. The highest BCUT2D eigenvalue weighted by molar-refractivity contribution is 6.30. The SMILES string of the molecule is C[C@@H](Cc1ccc(-c2ccc(-c3ccc(Cl)cc3)cc2)cc1)c1ccccc1. The van der Waals surface area contributed by atoms with E-state index in [9.17, 15) is 0 Å². The number of hydrogen-bond donors (Lipinski definition) is 0. The van der Waals surface area contributed by atoms with Gasteiger partial charge in [0.05, 0.1) is 0 Å². The van der Waals surface area contributed by atoms with E-state index in [2.05, 4.69) is 97.9 Å². The molecule has 0 bridgehead atoms. The molecule has 0 nitrogen and oxygen atoms in total. The van der Waals surface area contributed by atoms with Crippen LogP contribution in [0.2, 0.25) is 5.02 Å². The van der Waals surface area contributed by atoms with Crippen LogP contribution in [0.25, 0.3) is 22.3 Å². The van der Waals surface area contributed by atoms with Gasteiger partial charge < -0.3 is 0 Å². The first-order valence-electron chi connectivity index (χ1n) is 9.69. The van der Waals surface area contributed by atoms with Gasteiger partial charge in [-0.15, -0.1) is 0 Å². The summed E-state index contributed by atoms with van der Waals surface area (Å²) in [7, 11) is 0. The average molecular weight is 383 g/mol. The molecule has 0 heterocycles. The van der Waals surface area contributed by atoms with Crippen molar-refractivity contribution in [1.82, 2.24) is 0 Å². The van der Waals surface area contributed by atoms with Crippen molar-refractivity contribution < 1.29 is 0 Å². The summed E-state index contributed by atoms with van der Waals surface area (Å²) in [6.45, 7) is 2.29. The molecule has 0 aliphatic carbocycles. The third-order valence-electron chi connectivity index (χ3n) is 5.26. The fourth-order valence-corrected chi connectivity index (χ4v) is 3.71. The molecule has 0 unspecified atom stereocenters. The Bertz CT molecular complexity index is 1010. The lowest BCUT2D eigenvalue weighted by Crippen LogP contribution is -1.98. The average Bonchev–Trinajstić information content (AvgIpc) is 2.76. The number of benzene rings is 4. The Hall–Kier alpha value is -2.83. The monoisotopic (exact) mass is 382 g/mol. The summed E-state index contributed by atoms with van der Waals surface area (Å²) in [6.07, 6.45) is 1.06. The fraction of sp³-hybridized carbons (Fsp3) is 0.111. The van der Waals surface area contributed by atoms with Crippen LogP contribution >= 0.6 is 11.6 Å². The zero-order valence-electron chi connectivity index (χ0n) is 16.0. The predicted octanol–water partition coefficient (Wildman–Crippen LogP) is 8.02. The number of hydrogen-bond acceptors (Lipinski definition) is 0. The highest BCUT2D eigenvalue weighted by atomic mass is 35.5. The number of rotatable bonds is 5. The molecule has 0 N–H and O–H groups in total. The Labute approximate surface area is 172 Å². The van der Waals surface area contributed by atoms with Gasteiger partial charge in [0.25, 0.3) is 0 Å². The van der Waals surface area contributed by atoms with Gasteiger partial charge in [-0.25, -0.2) is 0 Å². The zero-order valence-corrected chi connectivity index (χ0v) is 16.7. The second kappa shape index (κ2) is 8.46. The second-order valence-electron chi connectivity index (χ2n) is 7.30. The molecule has 0 aliphatic rings. The molecule has 0 aliphatic heterocycles. The lowest BCUT2D eigenvalue weighted by molar-refractivity contribution is 0.759. The Morgan fingerprint density at radius 1 is 0.571 bits per heavy atom. The summed E-state index contributed by atoms with van der Waals surface area (Å²) in [4.78, 5) is 0. The Balaban J connectivity index is 1.47. The van der Waals surface area contributed by atoms with Gasteiger partial charge in [-0.1, -0.05) is 110 Å². The van der Waals surface area contributed by atoms with E-state index in [1.807, 2.05) is 12.1 Å². The molecular formula is C27H23Cl. The zero-order chi connectivity index (χ0) is 19.3. The Morgan fingerprint density at radius 2 is 1.00 bits per heavy atom. The van der Waals surface area contributed by atoms with Gasteiger partial charge in [0.15, 0.2) is 0 Å². The first-order chi connectivity index (χ1) is 13.7. The molecule has 4 aromatic rings. The molecule has 1 atom stereocenters. The van der Waals surface area contributed by atoms with Gasteiger partial charge in [0.2, 0.25) is 0 Å². The summed E-state index contributed by atoms with van der Waals surface area (Å²) in [5.41, 5.74) is 7.64. The minimum atomic E-state index is 0.519. The lowest BCUT2D eigenvalue weighted by Gasteiger charge is -2.12. The van der Waals surface area contributed by atoms with Gasteiger partial charge in [-0.3, -0.25) is 0 Å². The molecule has 0 amide bonds. The maximum absolute atomic E-state index is 5.98. The molecule has 0 spiro atoms. The maximum Gasteiger partial charge on any atom is 0.0406 e. The van der Waals surface area contributed by atoms with Crippen LogP contribution in [-0.4, -0.2) is 0 Å². The van der Waals surface area contributed by atoms with Crippen LogP contribution in [0.15, 0.2) is 103 Å². The highest BCUT2D eigenvalue weighted by Crippen LogP contribution is 2.27. The first-order valence-corrected chi connectivity index (χ1v) is 10.1. The van der Waals surface area contributed by atoms with Crippen molar-refractivity contribution in [1.29, 1.82) is 0 Å². The summed E-state index contributed by atoms with van der Waals surface area (Å²) in [6, 6.07) is 36.4. The second-order valence-corrected chi connectivity index (χ2v) is 7.73. The van der Waals surface area contributed by atoms with Gasteiger partial charge in [-0.2, -0.15) is 0 Å². The molecular weight excluding hydrogens is 360 g/mol. The highest BCUT2D eigenvalue weighted by Gasteiger charge is 2.07. The van der Waals surface area contributed by atoms with E-state index in [1.54, 1.807) is 0 Å². The molecule has 0 aromatic heterocycles. The van der Waals surface area contributed by atoms with Crippen molar-refractivity contribution in [2.45, 2.75) is 19.3 Å². The largest absolute Gasteiger partial charge is 0.0843 e. The summed E-state index contributed by atoms with van der Waals surface area (Å²) >= 11 is 5.98. The minimum Gasteiger partial charge on any atom is -0.0843 e. The van der Waals surface area contributed by atoms with Gasteiger partial charge in [0.1, 0.15) is 0 Å². The molecule has 0 fully saturated rings. The molecule has 4 aromatic carbocycles. The van der Waals surface area contributed by atoms with Crippen LogP contribution in [0.4, 0.5) is 0 Å². The van der Waals surface area contributed by atoms with Crippen molar-refractivity contribution in [3.8, 4) is 22.3 Å². The van der Waals surface area contributed by atoms with Gasteiger partial charge in [0, 0.05) is 5.02 Å². The van der Waals surface area contributed by atoms with Crippen LogP contribution < -0.4 is 0 Å². The van der Waals surface area contributed by atoms with Crippen molar-refractivity contribution in [3.05, 3.63) is 119 Å². The minimum absolute atomic E-state index is 0.519. The molecule has 0 radical (unpaired) electrons. The number of halogens is 1. The van der Waals surface area contributed by atoms with E-state index >= 15 is 0 Å². The molecule has 0 saturated carbocycles. The van der Waals surface area contributed by atoms with E-state index in [4.69, 9.17) is 11.6 Å². The topological polar surface area (TPSA) is 0 Å². The van der Waals surface area contributed by atoms with Crippen molar-refractivity contribution in [3.63, 3.8) is 0 Å². The van der Waals surface area contributed by atoms with Crippen molar-refractivity contribution in [2.24, 2.45) is 0 Å². The van der Waals surface area contributed by atoms with Crippen molar-refractivity contribution in [2.75, 3.05) is 0 Å². The summed E-state index contributed by atoms with van der Waals surface area (Å²) in [5, 5.41) is 0.766. The van der Waals surface area contributed by atoms with E-state index < -0.39 is 0 Å². The van der Waals surface area contributed by atoms with E-state index in [0.29, 0.717) is 5.92 Å². The van der Waals surface area contributed by atoms with E-state index in [1.165, 1.54) is 33.4 Å². The Morgan fingerprint density at radius 3 is 1.50 bits per heavy atom.